The average molecular weight is 543 g/mol. The molecule has 5 rings (SSSR count). The van der Waals surface area contributed by atoms with Gasteiger partial charge in [-0.3, -0.25) is 19.8 Å². The molecule has 2 atom stereocenters. The molecule has 1 aliphatic rings. The number of nitrogen functional groups attached to an aromatic ring is 1. The predicted molar refractivity (Wildman–Crippen MR) is 143 cm³/mol. The normalized spacial score (nSPS) is 16.3. The highest BCUT2D eigenvalue weighted by Crippen LogP contribution is 2.48. The molecule has 4 aromatic rings. The van der Waals surface area contributed by atoms with E-state index in [0.717, 1.165) is 15.9 Å². The van der Waals surface area contributed by atoms with Gasteiger partial charge in [-0.15, -0.1) is 0 Å². The first-order chi connectivity index (χ1) is 18.6. The van der Waals surface area contributed by atoms with E-state index in [1.165, 1.54) is 49.0 Å². The van der Waals surface area contributed by atoms with E-state index >= 15 is 0 Å². The van der Waals surface area contributed by atoms with Crippen LogP contribution in [0, 0.1) is 26.9 Å². The molecule has 1 heterocycles. The Morgan fingerprint density at radius 2 is 1.97 bits per heavy atom. The number of hydrogen-bond acceptors (Lipinski definition) is 9. The summed E-state index contributed by atoms with van der Waals surface area (Å²) in [5, 5.41) is 29.8. The van der Waals surface area contributed by atoms with E-state index in [1.807, 2.05) is 6.92 Å². The molecule has 0 radical (unpaired) electrons. The first-order valence-corrected chi connectivity index (χ1v) is 13.3. The number of rotatable bonds is 7. The van der Waals surface area contributed by atoms with Crippen LogP contribution in [0.4, 0.5) is 17.1 Å². The molecule has 2 unspecified atom stereocenters. The molecule has 3 N–H and O–H groups in total. The van der Waals surface area contributed by atoms with Gasteiger partial charge in [-0.1, -0.05) is 25.1 Å². The first kappa shape index (κ1) is 25.6. The number of aromatic nitrogens is 1. The number of nitrogens with one attached hydrogen (secondary N) is 1. The molecule has 1 aromatic heterocycles. The number of sulfonamides is 1. The van der Waals surface area contributed by atoms with Gasteiger partial charge in [-0.2, -0.15) is 5.26 Å². The maximum atomic E-state index is 14.3. The maximum Gasteiger partial charge on any atom is 0.289 e. The van der Waals surface area contributed by atoms with Gasteiger partial charge < -0.3 is 10.2 Å². The fourth-order valence-electron chi connectivity index (χ4n) is 4.97. The number of oxazole rings is 1. The van der Waals surface area contributed by atoms with Crippen LogP contribution in [-0.4, -0.2) is 24.0 Å². The standard InChI is InChI=1S/C27H22N6O5S/c1-16-10-24(19-8-6-17(13-28)11-20(16)19)32(39(36,37)26-5-3-2-4-23(26)33(34)35)18-7-9-22(29)21(12-18)27(30)25-14-31-15-38-25/h2-9,11-12,14-16,24,30H,10,29H2,1H3. The van der Waals surface area contributed by atoms with Crippen LogP contribution in [0.3, 0.4) is 0 Å². The summed E-state index contributed by atoms with van der Waals surface area (Å²) in [5.41, 5.74) is 8.06. The van der Waals surface area contributed by atoms with E-state index in [9.17, 15) is 23.8 Å². The van der Waals surface area contributed by atoms with Crippen molar-refractivity contribution in [3.63, 3.8) is 0 Å². The highest BCUT2D eigenvalue weighted by molar-refractivity contribution is 7.93. The van der Waals surface area contributed by atoms with E-state index in [2.05, 4.69) is 11.1 Å². The Labute approximate surface area is 223 Å². The number of nitro groups is 1. The molecule has 0 amide bonds. The van der Waals surface area contributed by atoms with Crippen molar-refractivity contribution in [1.82, 2.24) is 4.98 Å². The van der Waals surface area contributed by atoms with Gasteiger partial charge in [0.15, 0.2) is 17.0 Å². The van der Waals surface area contributed by atoms with Gasteiger partial charge in [-0.05, 0) is 59.9 Å². The van der Waals surface area contributed by atoms with Crippen LogP contribution in [0.25, 0.3) is 0 Å². The Morgan fingerprint density at radius 3 is 2.67 bits per heavy atom. The summed E-state index contributed by atoms with van der Waals surface area (Å²) in [5.74, 6) is 0.0401. The Hall–Kier alpha value is -5.02. The van der Waals surface area contributed by atoms with Crippen molar-refractivity contribution >= 4 is 32.8 Å². The zero-order valence-electron chi connectivity index (χ0n) is 20.6. The summed E-state index contributed by atoms with van der Waals surface area (Å²) >= 11 is 0. The van der Waals surface area contributed by atoms with Crippen LogP contribution in [-0.2, 0) is 10.0 Å². The monoisotopic (exact) mass is 542 g/mol. The number of nitrogens with two attached hydrogens (primary N) is 1. The van der Waals surface area contributed by atoms with Crippen LogP contribution >= 0.6 is 0 Å². The molecule has 0 aliphatic heterocycles. The second-order valence-electron chi connectivity index (χ2n) is 9.15. The third kappa shape index (κ3) is 4.38. The lowest BCUT2D eigenvalue weighted by atomic mass is 10.0. The fourth-order valence-corrected chi connectivity index (χ4v) is 6.77. The number of benzene rings is 3. The zero-order chi connectivity index (χ0) is 27.9. The number of para-hydroxylation sites is 1. The maximum absolute atomic E-state index is 14.3. The molecule has 39 heavy (non-hydrogen) atoms. The summed E-state index contributed by atoms with van der Waals surface area (Å²) in [6.07, 6.45) is 2.88. The minimum Gasteiger partial charge on any atom is -0.442 e. The lowest BCUT2D eigenvalue weighted by molar-refractivity contribution is -0.387. The van der Waals surface area contributed by atoms with Crippen molar-refractivity contribution in [2.45, 2.75) is 30.2 Å². The molecule has 196 valence electrons. The Morgan fingerprint density at radius 1 is 1.21 bits per heavy atom. The Balaban J connectivity index is 1.74. The number of anilines is 2. The molecule has 11 nitrogen and oxygen atoms in total. The lowest BCUT2D eigenvalue weighted by Crippen LogP contribution is -2.35. The summed E-state index contributed by atoms with van der Waals surface area (Å²) in [4.78, 5) is 14.5. The summed E-state index contributed by atoms with van der Waals surface area (Å²) in [6, 6.07) is 16.1. The first-order valence-electron chi connectivity index (χ1n) is 11.8. The van der Waals surface area contributed by atoms with Gasteiger partial charge >= 0.3 is 0 Å². The van der Waals surface area contributed by atoms with Gasteiger partial charge in [0.05, 0.1) is 34.5 Å². The molecular formula is C27H22N6O5S. The number of hydrogen-bond donors (Lipinski definition) is 2. The third-order valence-electron chi connectivity index (χ3n) is 6.80. The molecule has 0 spiro atoms. The van der Waals surface area contributed by atoms with E-state index in [1.54, 1.807) is 18.2 Å². The quantitative estimate of drug-likeness (QED) is 0.143. The molecule has 12 heteroatoms. The summed E-state index contributed by atoms with van der Waals surface area (Å²) < 4.78 is 35.1. The molecule has 0 bridgehead atoms. The van der Waals surface area contributed by atoms with E-state index in [4.69, 9.17) is 15.6 Å². The molecule has 0 saturated heterocycles. The van der Waals surface area contributed by atoms with Gasteiger partial charge in [0.1, 0.15) is 5.71 Å². The highest BCUT2D eigenvalue weighted by Gasteiger charge is 2.41. The number of fused-ring (bicyclic) bond motifs is 1. The van der Waals surface area contributed by atoms with Crippen LogP contribution < -0.4 is 10.0 Å². The fraction of sp³-hybridized carbons (Fsp3) is 0.148. The second kappa shape index (κ2) is 9.70. The molecule has 0 saturated carbocycles. The summed E-state index contributed by atoms with van der Waals surface area (Å²) in [6.45, 7) is 1.93. The predicted octanol–water partition coefficient (Wildman–Crippen LogP) is 4.90. The van der Waals surface area contributed by atoms with Crippen molar-refractivity contribution in [2.75, 3.05) is 10.0 Å². The van der Waals surface area contributed by atoms with Gasteiger partial charge in [0.25, 0.3) is 15.7 Å². The van der Waals surface area contributed by atoms with E-state index in [0.29, 0.717) is 17.5 Å². The molecule has 3 aromatic carbocycles. The largest absolute Gasteiger partial charge is 0.442 e. The zero-order valence-corrected chi connectivity index (χ0v) is 21.4. The average Bonchev–Trinajstić information content (AvgIpc) is 3.58. The lowest BCUT2D eigenvalue weighted by Gasteiger charge is -2.31. The minimum atomic E-state index is -4.52. The topological polar surface area (TPSA) is 180 Å². The van der Waals surface area contributed by atoms with Crippen molar-refractivity contribution in [1.29, 1.82) is 10.7 Å². The van der Waals surface area contributed by atoms with Crippen molar-refractivity contribution in [3.8, 4) is 6.07 Å². The molecule has 1 aliphatic carbocycles. The SMILES string of the molecule is CC1CC(N(c2ccc(N)c(C(=N)c3cnco3)c2)S(=O)(=O)c2ccccc2[N+](=O)[O-])c2ccc(C#N)cc21. The van der Waals surface area contributed by atoms with Crippen molar-refractivity contribution in [2.24, 2.45) is 0 Å². The minimum absolute atomic E-state index is 0.0949. The van der Waals surface area contributed by atoms with Crippen molar-refractivity contribution in [3.05, 3.63) is 111 Å². The van der Waals surface area contributed by atoms with Crippen LogP contribution in [0.5, 0.6) is 0 Å². The third-order valence-corrected chi connectivity index (χ3v) is 8.69. The number of nitro benzene ring substituents is 1. The van der Waals surface area contributed by atoms with Gasteiger partial charge in [-0.25, -0.2) is 13.4 Å². The molecular weight excluding hydrogens is 520 g/mol. The van der Waals surface area contributed by atoms with E-state index < -0.39 is 31.6 Å². The number of nitriles is 1. The van der Waals surface area contributed by atoms with Crippen LogP contribution in [0.15, 0.2) is 82.6 Å². The summed E-state index contributed by atoms with van der Waals surface area (Å²) in [7, 11) is -4.52. The van der Waals surface area contributed by atoms with Gasteiger partial charge in [0.2, 0.25) is 0 Å². The van der Waals surface area contributed by atoms with Crippen LogP contribution in [0.1, 0.15) is 53.3 Å². The number of nitrogens with zero attached hydrogens (tertiary/aromatic N) is 4. The Bertz CT molecular complexity index is 1760. The van der Waals surface area contributed by atoms with Crippen molar-refractivity contribution < 1.29 is 17.8 Å². The molecule has 0 fully saturated rings. The smallest absolute Gasteiger partial charge is 0.289 e. The second-order valence-corrected chi connectivity index (χ2v) is 10.9. The highest BCUT2D eigenvalue weighted by atomic mass is 32.2. The van der Waals surface area contributed by atoms with Crippen LogP contribution in [0.2, 0.25) is 0 Å². The Kier molecular flexibility index (Phi) is 6.37. The van der Waals surface area contributed by atoms with Gasteiger partial charge in [0, 0.05) is 17.3 Å². The van der Waals surface area contributed by atoms with E-state index in [-0.39, 0.29) is 34.3 Å².